The van der Waals surface area contributed by atoms with E-state index >= 15 is 0 Å². The number of rotatable bonds is 8. The number of hydrogen-bond acceptors (Lipinski definition) is 4. The maximum absolute atomic E-state index is 12.6. The highest BCUT2D eigenvalue weighted by molar-refractivity contribution is 6.07. The number of ether oxygens (including phenoxy) is 1. The van der Waals surface area contributed by atoms with E-state index in [0.29, 0.717) is 22.4 Å². The van der Waals surface area contributed by atoms with E-state index in [1.165, 1.54) is 15.9 Å². The Morgan fingerprint density at radius 2 is 1.48 bits per heavy atom. The Labute approximate surface area is 184 Å². The van der Waals surface area contributed by atoms with E-state index in [1.54, 1.807) is 71.7 Å². The summed E-state index contributed by atoms with van der Waals surface area (Å²) in [6, 6.07) is 10.2. The maximum Gasteiger partial charge on any atom is 0.253 e. The van der Waals surface area contributed by atoms with Crippen molar-refractivity contribution in [2.75, 3.05) is 35.3 Å². The average molecular weight is 423 g/mol. The summed E-state index contributed by atoms with van der Waals surface area (Å²) in [4.78, 5) is 40.2. The van der Waals surface area contributed by atoms with Crippen molar-refractivity contribution in [1.29, 1.82) is 0 Å². The van der Waals surface area contributed by atoms with Crippen LogP contribution in [0.25, 0.3) is 6.08 Å². The van der Waals surface area contributed by atoms with Gasteiger partial charge in [0.05, 0.1) is 7.11 Å². The van der Waals surface area contributed by atoms with E-state index < -0.39 is 0 Å². The molecule has 0 unspecified atom stereocenters. The lowest BCUT2D eigenvalue weighted by Crippen LogP contribution is -2.23. The van der Waals surface area contributed by atoms with Gasteiger partial charge >= 0.3 is 0 Å². The monoisotopic (exact) mass is 422 g/mol. The van der Waals surface area contributed by atoms with Crippen LogP contribution in [0.2, 0.25) is 0 Å². The molecule has 0 N–H and O–H groups in total. The number of carbonyl (C=O) groups excluding carboxylic acids is 3. The average Bonchev–Trinajstić information content (AvgIpc) is 2.76. The number of ketones is 1. The van der Waals surface area contributed by atoms with Crippen LogP contribution in [0.5, 0.6) is 5.75 Å². The molecule has 0 fully saturated rings. The standard InChI is InChI=1S/C25H30N2O4/c1-7-8-19-15-20(23(31-6)16-21(19)25(30)27(4)5)13-14-22(28)17-9-11-18(12-10-17)24(29)26(2)3/h9-16H,7-8H2,1-6H3/b14-13+. The summed E-state index contributed by atoms with van der Waals surface area (Å²) in [5.41, 5.74) is 3.26. The van der Waals surface area contributed by atoms with Crippen LogP contribution in [-0.2, 0) is 6.42 Å². The van der Waals surface area contributed by atoms with Crippen LogP contribution in [0.3, 0.4) is 0 Å². The van der Waals surface area contributed by atoms with Crippen molar-refractivity contribution in [2.45, 2.75) is 19.8 Å². The van der Waals surface area contributed by atoms with Gasteiger partial charge in [-0.2, -0.15) is 0 Å². The number of benzene rings is 2. The molecule has 6 nitrogen and oxygen atoms in total. The minimum absolute atomic E-state index is 0.0827. The highest BCUT2D eigenvalue weighted by atomic mass is 16.5. The largest absolute Gasteiger partial charge is 0.496 e. The van der Waals surface area contributed by atoms with Gasteiger partial charge in [-0.05, 0) is 48.4 Å². The molecule has 2 rings (SSSR count). The lowest BCUT2D eigenvalue weighted by atomic mass is 9.97. The number of nitrogens with zero attached hydrogens (tertiary/aromatic N) is 2. The molecular weight excluding hydrogens is 392 g/mol. The zero-order valence-electron chi connectivity index (χ0n) is 19.1. The van der Waals surface area contributed by atoms with Crippen molar-refractivity contribution >= 4 is 23.7 Å². The van der Waals surface area contributed by atoms with E-state index in [2.05, 4.69) is 6.92 Å². The molecule has 0 aromatic heterocycles. The van der Waals surface area contributed by atoms with E-state index in [0.717, 1.165) is 24.0 Å². The molecule has 0 saturated heterocycles. The number of hydrogen-bond donors (Lipinski definition) is 0. The second-order valence-electron chi connectivity index (χ2n) is 7.68. The van der Waals surface area contributed by atoms with Crippen LogP contribution < -0.4 is 4.74 Å². The third-order valence-corrected chi connectivity index (χ3v) is 4.85. The fraction of sp³-hybridized carbons (Fsp3) is 0.320. The number of aryl methyl sites for hydroxylation is 1. The van der Waals surface area contributed by atoms with Crippen LogP contribution in [0.1, 0.15) is 55.5 Å². The van der Waals surface area contributed by atoms with E-state index in [-0.39, 0.29) is 17.6 Å². The van der Waals surface area contributed by atoms with E-state index in [1.807, 2.05) is 6.07 Å². The predicted octanol–water partition coefficient (Wildman–Crippen LogP) is 3.95. The zero-order valence-corrected chi connectivity index (χ0v) is 19.1. The van der Waals surface area contributed by atoms with Gasteiger partial charge in [-0.15, -0.1) is 0 Å². The third kappa shape index (κ3) is 5.81. The maximum atomic E-state index is 12.6. The van der Waals surface area contributed by atoms with Gasteiger partial charge in [0.2, 0.25) is 0 Å². The Balaban J connectivity index is 2.33. The van der Waals surface area contributed by atoms with E-state index in [9.17, 15) is 14.4 Å². The second-order valence-corrected chi connectivity index (χ2v) is 7.68. The normalized spacial score (nSPS) is 10.8. The fourth-order valence-electron chi connectivity index (χ4n) is 3.16. The molecule has 0 saturated carbocycles. The fourth-order valence-corrected chi connectivity index (χ4v) is 3.16. The molecule has 0 aliphatic rings. The topological polar surface area (TPSA) is 66.9 Å². The van der Waals surface area contributed by atoms with Crippen molar-refractivity contribution in [1.82, 2.24) is 9.80 Å². The number of methoxy groups -OCH3 is 1. The Morgan fingerprint density at radius 3 is 2.00 bits per heavy atom. The Hall–Kier alpha value is -3.41. The molecule has 0 aliphatic carbocycles. The molecule has 2 amide bonds. The molecule has 31 heavy (non-hydrogen) atoms. The molecule has 0 heterocycles. The highest BCUT2D eigenvalue weighted by Crippen LogP contribution is 2.27. The smallest absolute Gasteiger partial charge is 0.253 e. The first kappa shape index (κ1) is 23.9. The van der Waals surface area contributed by atoms with Crippen molar-refractivity contribution in [3.05, 3.63) is 70.3 Å². The molecule has 0 radical (unpaired) electrons. The van der Waals surface area contributed by atoms with Crippen LogP contribution in [0.4, 0.5) is 0 Å². The van der Waals surface area contributed by atoms with Gasteiger partial charge in [0, 0.05) is 50.4 Å². The summed E-state index contributed by atoms with van der Waals surface area (Å²) >= 11 is 0. The quantitative estimate of drug-likeness (QED) is 0.477. The summed E-state index contributed by atoms with van der Waals surface area (Å²) in [7, 11) is 8.34. The van der Waals surface area contributed by atoms with Crippen LogP contribution in [-0.4, -0.2) is 62.7 Å². The molecule has 2 aromatic carbocycles. The van der Waals surface area contributed by atoms with Gasteiger partial charge in [0.15, 0.2) is 5.78 Å². The van der Waals surface area contributed by atoms with Crippen molar-refractivity contribution in [3.63, 3.8) is 0 Å². The number of amides is 2. The van der Waals surface area contributed by atoms with Gasteiger partial charge in [0.25, 0.3) is 11.8 Å². The van der Waals surface area contributed by atoms with Crippen molar-refractivity contribution in [3.8, 4) is 5.75 Å². The lowest BCUT2D eigenvalue weighted by Gasteiger charge is -2.17. The summed E-state index contributed by atoms with van der Waals surface area (Å²) in [6.07, 6.45) is 4.81. The molecule has 2 aromatic rings. The Bertz CT molecular complexity index is 989. The van der Waals surface area contributed by atoms with Crippen molar-refractivity contribution in [2.24, 2.45) is 0 Å². The van der Waals surface area contributed by atoms with Gasteiger partial charge in [-0.25, -0.2) is 0 Å². The first-order chi connectivity index (χ1) is 14.7. The molecule has 0 bridgehead atoms. The van der Waals surface area contributed by atoms with Crippen molar-refractivity contribution < 1.29 is 19.1 Å². The summed E-state index contributed by atoms with van der Waals surface area (Å²) in [6.45, 7) is 2.05. The molecule has 0 spiro atoms. The van der Waals surface area contributed by atoms with Crippen LogP contribution >= 0.6 is 0 Å². The molecule has 6 heteroatoms. The van der Waals surface area contributed by atoms with Gasteiger partial charge < -0.3 is 14.5 Å². The second kappa shape index (κ2) is 10.6. The van der Waals surface area contributed by atoms with Gasteiger partial charge in [-0.1, -0.05) is 25.5 Å². The predicted molar refractivity (Wildman–Crippen MR) is 123 cm³/mol. The molecule has 0 aliphatic heterocycles. The summed E-state index contributed by atoms with van der Waals surface area (Å²) < 4.78 is 5.48. The lowest BCUT2D eigenvalue weighted by molar-refractivity contribution is 0.0819. The third-order valence-electron chi connectivity index (χ3n) is 4.85. The minimum atomic E-state index is -0.184. The van der Waals surface area contributed by atoms with Crippen LogP contribution in [0, 0.1) is 0 Å². The molecule has 164 valence electrons. The SMILES string of the molecule is CCCc1cc(/C=C/C(=O)c2ccc(C(=O)N(C)C)cc2)c(OC)cc1C(=O)N(C)C. The highest BCUT2D eigenvalue weighted by Gasteiger charge is 2.17. The first-order valence-corrected chi connectivity index (χ1v) is 10.2. The summed E-state index contributed by atoms with van der Waals surface area (Å²) in [5, 5.41) is 0. The Morgan fingerprint density at radius 1 is 0.903 bits per heavy atom. The zero-order chi connectivity index (χ0) is 23.1. The summed E-state index contributed by atoms with van der Waals surface area (Å²) in [5.74, 6) is 0.147. The van der Waals surface area contributed by atoms with Gasteiger partial charge in [-0.3, -0.25) is 14.4 Å². The Kier molecular flexibility index (Phi) is 8.14. The minimum Gasteiger partial charge on any atom is -0.496 e. The molecule has 0 atom stereocenters. The number of allylic oxidation sites excluding steroid dienone is 1. The first-order valence-electron chi connectivity index (χ1n) is 10.2. The van der Waals surface area contributed by atoms with Crippen LogP contribution in [0.15, 0.2) is 42.5 Å². The van der Waals surface area contributed by atoms with Gasteiger partial charge in [0.1, 0.15) is 5.75 Å². The molecular formula is C25H30N2O4. The number of carbonyl (C=O) groups is 3. The van der Waals surface area contributed by atoms with E-state index in [4.69, 9.17) is 4.74 Å².